The van der Waals surface area contributed by atoms with E-state index in [0.717, 1.165) is 29.9 Å². The lowest BCUT2D eigenvalue weighted by atomic mass is 10.1. The Morgan fingerprint density at radius 3 is 2.73 bits per heavy atom. The van der Waals surface area contributed by atoms with Crippen LogP contribution in [-0.4, -0.2) is 28.0 Å². The van der Waals surface area contributed by atoms with Crippen molar-refractivity contribution in [3.05, 3.63) is 21.6 Å². The Labute approximate surface area is 103 Å². The fourth-order valence-corrected chi connectivity index (χ4v) is 2.11. The van der Waals surface area contributed by atoms with Crippen LogP contribution in [0.3, 0.4) is 0 Å². The van der Waals surface area contributed by atoms with Gasteiger partial charge in [0.1, 0.15) is 11.0 Å². The molecule has 0 N–H and O–H groups in total. The van der Waals surface area contributed by atoms with Crippen molar-refractivity contribution in [2.24, 2.45) is 0 Å². The third kappa shape index (κ3) is 3.13. The number of likely N-dealkylation sites (tertiary alicyclic amines) is 1. The van der Waals surface area contributed by atoms with Gasteiger partial charge in [0.05, 0.1) is 11.0 Å². The van der Waals surface area contributed by atoms with Gasteiger partial charge in [-0.1, -0.05) is 18.0 Å². The topological polar surface area (TPSA) is 29.0 Å². The minimum absolute atomic E-state index is 0.497. The van der Waals surface area contributed by atoms with Crippen LogP contribution in [-0.2, 0) is 6.54 Å². The molecule has 82 valence electrons. The van der Waals surface area contributed by atoms with Crippen molar-refractivity contribution in [2.75, 3.05) is 13.1 Å². The summed E-state index contributed by atoms with van der Waals surface area (Å²) in [5.74, 6) is 0.810. The molecular formula is C10H13BrClN3. The van der Waals surface area contributed by atoms with E-state index < -0.39 is 0 Å². The van der Waals surface area contributed by atoms with E-state index in [0.29, 0.717) is 5.15 Å². The summed E-state index contributed by atoms with van der Waals surface area (Å²) in [7, 11) is 0. The number of hydrogen-bond acceptors (Lipinski definition) is 3. The van der Waals surface area contributed by atoms with Crippen molar-refractivity contribution < 1.29 is 0 Å². The van der Waals surface area contributed by atoms with Crippen molar-refractivity contribution >= 4 is 27.5 Å². The normalized spacial score (nSPS) is 18.0. The summed E-state index contributed by atoms with van der Waals surface area (Å²) >= 11 is 9.20. The van der Waals surface area contributed by atoms with Gasteiger partial charge in [-0.15, -0.1) is 0 Å². The molecule has 1 aliphatic rings. The van der Waals surface area contributed by atoms with Gasteiger partial charge in [-0.25, -0.2) is 9.97 Å². The maximum Gasteiger partial charge on any atom is 0.147 e. The van der Waals surface area contributed by atoms with Crippen LogP contribution in [0.5, 0.6) is 0 Å². The van der Waals surface area contributed by atoms with Gasteiger partial charge in [-0.3, -0.25) is 4.90 Å². The summed E-state index contributed by atoms with van der Waals surface area (Å²) in [6.07, 6.45) is 5.63. The van der Waals surface area contributed by atoms with Crippen LogP contribution >= 0.6 is 27.5 Å². The van der Waals surface area contributed by atoms with Crippen LogP contribution in [0.25, 0.3) is 0 Å². The summed E-state index contributed by atoms with van der Waals surface area (Å²) in [5.41, 5.74) is 0. The molecule has 1 aromatic rings. The molecule has 0 aliphatic carbocycles. The predicted octanol–water partition coefficient (Wildman–Crippen LogP) is 2.88. The van der Waals surface area contributed by atoms with E-state index in [4.69, 9.17) is 11.6 Å². The van der Waals surface area contributed by atoms with E-state index in [1.165, 1.54) is 19.3 Å². The quantitative estimate of drug-likeness (QED) is 0.784. The SMILES string of the molecule is Clc1nc(CN2CCCCC2)ncc1Br. The van der Waals surface area contributed by atoms with Crippen LogP contribution in [0.15, 0.2) is 10.7 Å². The molecule has 0 unspecified atom stereocenters. The highest BCUT2D eigenvalue weighted by Gasteiger charge is 2.12. The number of rotatable bonds is 2. The number of halogens is 2. The molecular weight excluding hydrogens is 277 g/mol. The molecule has 0 spiro atoms. The standard InChI is InChI=1S/C10H13BrClN3/c11-8-6-13-9(14-10(8)12)7-15-4-2-1-3-5-15/h6H,1-5,7H2. The minimum atomic E-state index is 0.497. The van der Waals surface area contributed by atoms with Crippen LogP contribution in [0.1, 0.15) is 25.1 Å². The molecule has 0 amide bonds. The summed E-state index contributed by atoms with van der Waals surface area (Å²) in [4.78, 5) is 10.9. The van der Waals surface area contributed by atoms with Gasteiger partial charge in [0.2, 0.25) is 0 Å². The van der Waals surface area contributed by atoms with Crippen LogP contribution < -0.4 is 0 Å². The second kappa shape index (κ2) is 5.23. The zero-order chi connectivity index (χ0) is 10.7. The molecule has 1 aromatic heterocycles. The van der Waals surface area contributed by atoms with Crippen molar-refractivity contribution in [1.82, 2.24) is 14.9 Å². The molecule has 0 radical (unpaired) electrons. The van der Waals surface area contributed by atoms with Crippen LogP contribution in [0.4, 0.5) is 0 Å². The number of hydrogen-bond donors (Lipinski definition) is 0. The van der Waals surface area contributed by atoms with Crippen LogP contribution in [0, 0.1) is 0 Å². The fraction of sp³-hybridized carbons (Fsp3) is 0.600. The first-order valence-corrected chi connectivity index (χ1v) is 6.32. The molecule has 15 heavy (non-hydrogen) atoms. The second-order valence-corrected chi connectivity index (χ2v) is 4.97. The lowest BCUT2D eigenvalue weighted by molar-refractivity contribution is 0.216. The molecule has 2 rings (SSSR count). The molecule has 1 aliphatic heterocycles. The Morgan fingerprint density at radius 2 is 2.07 bits per heavy atom. The lowest BCUT2D eigenvalue weighted by Gasteiger charge is -2.25. The van der Waals surface area contributed by atoms with E-state index in [2.05, 4.69) is 30.8 Å². The fourth-order valence-electron chi connectivity index (χ4n) is 1.77. The number of piperidine rings is 1. The van der Waals surface area contributed by atoms with E-state index in [1.807, 2.05) is 0 Å². The Hall–Kier alpha value is -0.190. The van der Waals surface area contributed by atoms with Gasteiger partial charge >= 0.3 is 0 Å². The molecule has 3 nitrogen and oxygen atoms in total. The minimum Gasteiger partial charge on any atom is -0.296 e. The van der Waals surface area contributed by atoms with Gasteiger partial charge in [0.25, 0.3) is 0 Å². The van der Waals surface area contributed by atoms with Crippen molar-refractivity contribution in [2.45, 2.75) is 25.8 Å². The smallest absolute Gasteiger partial charge is 0.147 e. The van der Waals surface area contributed by atoms with Crippen molar-refractivity contribution in [1.29, 1.82) is 0 Å². The van der Waals surface area contributed by atoms with Crippen molar-refractivity contribution in [3.63, 3.8) is 0 Å². The first-order chi connectivity index (χ1) is 7.25. The average molecular weight is 291 g/mol. The van der Waals surface area contributed by atoms with Gasteiger partial charge < -0.3 is 0 Å². The van der Waals surface area contributed by atoms with E-state index in [-0.39, 0.29) is 0 Å². The van der Waals surface area contributed by atoms with Gasteiger partial charge in [0.15, 0.2) is 0 Å². The molecule has 5 heteroatoms. The Bertz CT molecular complexity index is 339. The number of aromatic nitrogens is 2. The molecule has 2 heterocycles. The summed E-state index contributed by atoms with van der Waals surface area (Å²) in [5, 5.41) is 0.497. The highest BCUT2D eigenvalue weighted by molar-refractivity contribution is 9.10. The maximum absolute atomic E-state index is 5.92. The summed E-state index contributed by atoms with van der Waals surface area (Å²) in [6, 6.07) is 0. The van der Waals surface area contributed by atoms with E-state index >= 15 is 0 Å². The predicted molar refractivity (Wildman–Crippen MR) is 63.9 cm³/mol. The second-order valence-electron chi connectivity index (χ2n) is 3.76. The third-order valence-corrected chi connectivity index (χ3v) is 3.66. The average Bonchev–Trinajstić information content (AvgIpc) is 2.25. The van der Waals surface area contributed by atoms with Gasteiger partial charge in [-0.2, -0.15) is 0 Å². The monoisotopic (exact) mass is 289 g/mol. The van der Waals surface area contributed by atoms with Crippen LogP contribution in [0.2, 0.25) is 5.15 Å². The molecule has 0 bridgehead atoms. The maximum atomic E-state index is 5.92. The largest absolute Gasteiger partial charge is 0.296 e. The summed E-state index contributed by atoms with van der Waals surface area (Å²) < 4.78 is 0.756. The van der Waals surface area contributed by atoms with Gasteiger partial charge in [0, 0.05) is 6.20 Å². The van der Waals surface area contributed by atoms with E-state index in [1.54, 1.807) is 6.20 Å². The Kier molecular flexibility index (Phi) is 3.94. The summed E-state index contributed by atoms with van der Waals surface area (Å²) in [6.45, 7) is 3.11. The third-order valence-electron chi connectivity index (χ3n) is 2.56. The molecule has 1 saturated heterocycles. The molecule has 0 saturated carbocycles. The molecule has 0 atom stereocenters. The zero-order valence-corrected chi connectivity index (χ0v) is 10.8. The first kappa shape index (κ1) is 11.3. The van der Waals surface area contributed by atoms with Crippen molar-refractivity contribution in [3.8, 4) is 0 Å². The lowest BCUT2D eigenvalue weighted by Crippen LogP contribution is -2.29. The zero-order valence-electron chi connectivity index (χ0n) is 8.42. The highest BCUT2D eigenvalue weighted by atomic mass is 79.9. The molecule has 1 fully saturated rings. The Balaban J connectivity index is 2.00. The van der Waals surface area contributed by atoms with Gasteiger partial charge in [-0.05, 0) is 41.9 Å². The first-order valence-electron chi connectivity index (χ1n) is 5.15. The molecule has 0 aromatic carbocycles. The van der Waals surface area contributed by atoms with E-state index in [9.17, 15) is 0 Å². The Morgan fingerprint density at radius 1 is 1.33 bits per heavy atom. The number of nitrogens with zero attached hydrogens (tertiary/aromatic N) is 3. The highest BCUT2D eigenvalue weighted by Crippen LogP contribution is 2.19.